The van der Waals surface area contributed by atoms with Crippen LogP contribution in [0.5, 0.6) is 0 Å². The van der Waals surface area contributed by atoms with Gasteiger partial charge in [0.15, 0.2) is 6.10 Å². The van der Waals surface area contributed by atoms with Crippen LogP contribution in [0.4, 0.5) is 27.6 Å². The Morgan fingerprint density at radius 1 is 1.22 bits per heavy atom. The van der Waals surface area contributed by atoms with Crippen LogP contribution in [0.25, 0.3) is 10.9 Å². The van der Waals surface area contributed by atoms with E-state index in [0.717, 1.165) is 6.07 Å². The van der Waals surface area contributed by atoms with E-state index in [9.17, 15) is 31.9 Å². The van der Waals surface area contributed by atoms with Crippen molar-refractivity contribution in [2.75, 3.05) is 4.90 Å². The minimum absolute atomic E-state index is 0.0754. The molecule has 1 aromatic heterocycles. The maximum atomic E-state index is 13.2. The monoisotopic (exact) mass is 410 g/mol. The number of hydrogen-bond donors (Lipinski definition) is 1. The number of pyridine rings is 1. The molecule has 1 aromatic carbocycles. The molecule has 1 N–H and O–H groups in total. The first-order valence-corrected chi connectivity index (χ1v) is 8.56. The summed E-state index contributed by atoms with van der Waals surface area (Å²) in [6, 6.07) is 3.30. The van der Waals surface area contributed by atoms with Gasteiger partial charge >= 0.3 is 12.7 Å². The number of halogens is 6. The SMILES string of the molecule is C[C@@H]1CC[C@H]([C@@H](O)C(F)(F)F)N1c1ccc2c(c1)c(Cl)cc(=O)n2C(F)F. The average molecular weight is 411 g/mol. The van der Waals surface area contributed by atoms with Crippen molar-refractivity contribution < 1.29 is 27.1 Å². The smallest absolute Gasteiger partial charge is 0.382 e. The van der Waals surface area contributed by atoms with E-state index in [-0.39, 0.29) is 33.0 Å². The highest BCUT2D eigenvalue weighted by molar-refractivity contribution is 6.35. The van der Waals surface area contributed by atoms with Crippen LogP contribution < -0.4 is 10.5 Å². The Kier molecular flexibility index (Phi) is 5.11. The fourth-order valence-corrected chi connectivity index (χ4v) is 3.90. The third-order valence-corrected chi connectivity index (χ3v) is 5.20. The van der Waals surface area contributed by atoms with E-state index in [4.69, 9.17) is 11.6 Å². The van der Waals surface area contributed by atoms with Gasteiger partial charge in [0.25, 0.3) is 5.56 Å². The summed E-state index contributed by atoms with van der Waals surface area (Å²) in [5.41, 5.74) is -0.789. The summed E-state index contributed by atoms with van der Waals surface area (Å²) in [7, 11) is 0. The predicted molar refractivity (Wildman–Crippen MR) is 91.5 cm³/mol. The molecule has 0 unspecified atom stereocenters. The van der Waals surface area contributed by atoms with Crippen molar-refractivity contribution in [2.45, 2.75) is 50.7 Å². The maximum absolute atomic E-state index is 13.2. The first-order chi connectivity index (χ1) is 12.5. The summed E-state index contributed by atoms with van der Waals surface area (Å²) in [6.45, 7) is -1.37. The highest BCUT2D eigenvalue weighted by Gasteiger charge is 2.48. The molecule has 27 heavy (non-hydrogen) atoms. The molecule has 0 saturated carbocycles. The van der Waals surface area contributed by atoms with E-state index < -0.39 is 30.4 Å². The van der Waals surface area contributed by atoms with Crippen LogP contribution in [0.3, 0.4) is 0 Å². The molecule has 3 rings (SSSR count). The maximum Gasteiger partial charge on any atom is 0.416 e. The number of aromatic nitrogens is 1. The first-order valence-electron chi connectivity index (χ1n) is 8.18. The van der Waals surface area contributed by atoms with E-state index in [2.05, 4.69) is 0 Å². The number of hydrogen-bond acceptors (Lipinski definition) is 3. The number of aliphatic hydroxyl groups is 1. The summed E-state index contributed by atoms with van der Waals surface area (Å²) < 4.78 is 65.7. The second-order valence-electron chi connectivity index (χ2n) is 6.57. The van der Waals surface area contributed by atoms with Gasteiger partial charge in [0.1, 0.15) is 0 Å². The molecule has 1 aliphatic heterocycles. The van der Waals surface area contributed by atoms with Crippen LogP contribution in [-0.4, -0.2) is 34.0 Å². The lowest BCUT2D eigenvalue weighted by Gasteiger charge is -2.34. The van der Waals surface area contributed by atoms with Crippen LogP contribution >= 0.6 is 11.6 Å². The van der Waals surface area contributed by atoms with Gasteiger partial charge in [0.05, 0.1) is 16.6 Å². The summed E-state index contributed by atoms with van der Waals surface area (Å²) in [5, 5.41) is 9.76. The molecular weight excluding hydrogens is 395 g/mol. The molecule has 0 radical (unpaired) electrons. The lowest BCUT2D eigenvalue weighted by atomic mass is 10.1. The van der Waals surface area contributed by atoms with Gasteiger partial charge in [-0.25, -0.2) is 0 Å². The topological polar surface area (TPSA) is 45.5 Å². The van der Waals surface area contributed by atoms with Gasteiger partial charge in [-0.15, -0.1) is 0 Å². The Morgan fingerprint density at radius 2 is 1.89 bits per heavy atom. The van der Waals surface area contributed by atoms with E-state index in [0.29, 0.717) is 12.1 Å². The Balaban J connectivity index is 2.12. The van der Waals surface area contributed by atoms with Gasteiger partial charge in [-0.3, -0.25) is 9.36 Å². The number of rotatable bonds is 3. The Morgan fingerprint density at radius 3 is 2.48 bits per heavy atom. The van der Waals surface area contributed by atoms with Gasteiger partial charge in [-0.2, -0.15) is 22.0 Å². The van der Waals surface area contributed by atoms with Crippen molar-refractivity contribution in [3.8, 4) is 0 Å². The molecule has 0 amide bonds. The standard InChI is InChI=1S/C17H16ClF5N2O2/c1-8-2-4-13(15(27)17(21,22)23)24(8)9-3-5-12-10(6-9)11(18)7-14(26)25(12)16(19)20/h3,5-8,13,15-16,27H,2,4H2,1H3/t8-,13-,15-/m1/s1. The Bertz CT molecular complexity index is 915. The number of aliphatic hydroxyl groups excluding tert-OH is 1. The van der Waals surface area contributed by atoms with Crippen molar-refractivity contribution in [2.24, 2.45) is 0 Å². The molecular formula is C17H16ClF5N2O2. The minimum Gasteiger partial charge on any atom is -0.382 e. The Hall–Kier alpha value is -1.87. The normalized spacial score (nSPS) is 22.0. The molecule has 4 nitrogen and oxygen atoms in total. The fourth-order valence-electron chi connectivity index (χ4n) is 3.65. The van der Waals surface area contributed by atoms with Crippen molar-refractivity contribution in [1.82, 2.24) is 4.57 Å². The van der Waals surface area contributed by atoms with Crippen molar-refractivity contribution in [3.05, 3.63) is 39.6 Å². The van der Waals surface area contributed by atoms with Gasteiger partial charge < -0.3 is 10.0 Å². The lowest BCUT2D eigenvalue weighted by Crippen LogP contribution is -2.48. The minimum atomic E-state index is -4.78. The average Bonchev–Trinajstić information content (AvgIpc) is 2.94. The summed E-state index contributed by atoms with van der Waals surface area (Å²) in [4.78, 5) is 13.2. The molecule has 2 aromatic rings. The van der Waals surface area contributed by atoms with E-state index in [1.54, 1.807) is 6.92 Å². The van der Waals surface area contributed by atoms with E-state index in [1.165, 1.54) is 23.1 Å². The molecule has 0 spiro atoms. The van der Waals surface area contributed by atoms with Crippen LogP contribution in [-0.2, 0) is 0 Å². The number of fused-ring (bicyclic) bond motifs is 1. The molecule has 1 saturated heterocycles. The fraction of sp³-hybridized carbons (Fsp3) is 0.471. The molecule has 0 bridgehead atoms. The van der Waals surface area contributed by atoms with Crippen molar-refractivity contribution >= 4 is 28.2 Å². The molecule has 2 heterocycles. The van der Waals surface area contributed by atoms with Crippen molar-refractivity contribution in [1.29, 1.82) is 0 Å². The van der Waals surface area contributed by atoms with E-state index in [1.807, 2.05) is 0 Å². The summed E-state index contributed by atoms with van der Waals surface area (Å²) in [5.74, 6) is 0. The molecule has 0 aliphatic carbocycles. The zero-order valence-corrected chi connectivity index (χ0v) is 14.8. The van der Waals surface area contributed by atoms with Crippen LogP contribution in [0, 0.1) is 0 Å². The lowest BCUT2D eigenvalue weighted by molar-refractivity contribution is -0.209. The van der Waals surface area contributed by atoms with Gasteiger partial charge in [-0.1, -0.05) is 11.6 Å². The largest absolute Gasteiger partial charge is 0.416 e. The Labute approximate surface area is 155 Å². The second kappa shape index (κ2) is 6.94. The second-order valence-corrected chi connectivity index (χ2v) is 6.97. The van der Waals surface area contributed by atoms with Gasteiger partial charge in [0, 0.05) is 23.2 Å². The highest BCUT2D eigenvalue weighted by Crippen LogP contribution is 2.38. The van der Waals surface area contributed by atoms with Crippen LogP contribution in [0.15, 0.2) is 29.1 Å². The number of anilines is 1. The third-order valence-electron chi connectivity index (χ3n) is 4.89. The zero-order valence-electron chi connectivity index (χ0n) is 14.1. The van der Waals surface area contributed by atoms with E-state index >= 15 is 0 Å². The third kappa shape index (κ3) is 3.50. The molecule has 148 valence electrons. The quantitative estimate of drug-likeness (QED) is 0.766. The van der Waals surface area contributed by atoms with Crippen LogP contribution in [0.2, 0.25) is 5.02 Å². The molecule has 10 heteroatoms. The first kappa shape index (κ1) is 19.9. The molecule has 3 atom stereocenters. The highest BCUT2D eigenvalue weighted by atomic mass is 35.5. The summed E-state index contributed by atoms with van der Waals surface area (Å²) >= 11 is 6.02. The number of alkyl halides is 5. The number of benzene rings is 1. The molecule has 1 fully saturated rings. The van der Waals surface area contributed by atoms with Crippen LogP contribution in [0.1, 0.15) is 26.3 Å². The predicted octanol–water partition coefficient (Wildman–Crippen LogP) is 4.33. The van der Waals surface area contributed by atoms with Gasteiger partial charge in [0.2, 0.25) is 0 Å². The van der Waals surface area contributed by atoms with Crippen molar-refractivity contribution in [3.63, 3.8) is 0 Å². The van der Waals surface area contributed by atoms with Gasteiger partial charge in [-0.05, 0) is 38.0 Å². The summed E-state index contributed by atoms with van der Waals surface area (Å²) in [6.07, 6.45) is -6.76. The number of nitrogens with zero attached hydrogens (tertiary/aromatic N) is 2. The zero-order chi connectivity index (χ0) is 20.1. The molecule has 1 aliphatic rings.